The molecule has 0 unspecified atom stereocenters. The minimum absolute atomic E-state index is 0.0958. The molecule has 2 aromatic rings. The highest BCUT2D eigenvalue weighted by atomic mass is 16.5. The van der Waals surface area contributed by atoms with Crippen LogP contribution in [0.5, 0.6) is 5.75 Å². The fraction of sp³-hybridized carbons (Fsp3) is 0.188. The molecule has 104 valence electrons. The maximum atomic E-state index is 11.9. The first-order valence-corrected chi connectivity index (χ1v) is 6.40. The standard InChI is InChI=1S/C16H17NO3/c17-15(10-12-5-2-1-3-6-12)16(19)20-14-8-4-7-13(9-14)11-18/h1-9,15,18H,10-11,17H2/t15-/m0/s1. The number of hydrogen-bond acceptors (Lipinski definition) is 4. The minimum atomic E-state index is -0.713. The molecule has 0 aromatic heterocycles. The Balaban J connectivity index is 1.97. The molecule has 0 spiro atoms. The van der Waals surface area contributed by atoms with Crippen molar-refractivity contribution in [3.63, 3.8) is 0 Å². The van der Waals surface area contributed by atoms with E-state index in [9.17, 15) is 4.79 Å². The lowest BCUT2D eigenvalue weighted by molar-refractivity contribution is -0.135. The van der Waals surface area contributed by atoms with Crippen LogP contribution in [0.15, 0.2) is 54.6 Å². The average molecular weight is 271 g/mol. The zero-order valence-electron chi connectivity index (χ0n) is 11.0. The van der Waals surface area contributed by atoms with Gasteiger partial charge in [0.05, 0.1) is 6.61 Å². The van der Waals surface area contributed by atoms with E-state index in [1.807, 2.05) is 30.3 Å². The summed E-state index contributed by atoms with van der Waals surface area (Å²) in [5.74, 6) is -0.0889. The van der Waals surface area contributed by atoms with Crippen molar-refractivity contribution in [1.29, 1.82) is 0 Å². The lowest BCUT2D eigenvalue weighted by atomic mass is 10.1. The Hall–Kier alpha value is -2.17. The van der Waals surface area contributed by atoms with Crippen molar-refractivity contribution in [1.82, 2.24) is 0 Å². The van der Waals surface area contributed by atoms with E-state index in [0.29, 0.717) is 17.7 Å². The summed E-state index contributed by atoms with van der Waals surface area (Å²) in [7, 11) is 0. The number of hydrogen-bond donors (Lipinski definition) is 2. The van der Waals surface area contributed by atoms with Crippen molar-refractivity contribution in [3.8, 4) is 5.75 Å². The van der Waals surface area contributed by atoms with Gasteiger partial charge in [0, 0.05) is 0 Å². The van der Waals surface area contributed by atoms with Gasteiger partial charge in [-0.3, -0.25) is 0 Å². The van der Waals surface area contributed by atoms with Gasteiger partial charge >= 0.3 is 5.97 Å². The zero-order valence-corrected chi connectivity index (χ0v) is 11.0. The van der Waals surface area contributed by atoms with Gasteiger partial charge in [0.1, 0.15) is 11.8 Å². The lowest BCUT2D eigenvalue weighted by Gasteiger charge is -2.11. The maximum Gasteiger partial charge on any atom is 0.328 e. The van der Waals surface area contributed by atoms with Gasteiger partial charge in [0.15, 0.2) is 0 Å². The first-order valence-electron chi connectivity index (χ1n) is 6.40. The van der Waals surface area contributed by atoms with Crippen LogP contribution in [0.4, 0.5) is 0 Å². The summed E-state index contributed by atoms with van der Waals surface area (Å²) in [6.07, 6.45) is 0.430. The van der Waals surface area contributed by atoms with Gasteiger partial charge in [0.25, 0.3) is 0 Å². The van der Waals surface area contributed by atoms with Crippen LogP contribution in [0.25, 0.3) is 0 Å². The Morgan fingerprint density at radius 1 is 1.10 bits per heavy atom. The van der Waals surface area contributed by atoms with Crippen molar-refractivity contribution in [3.05, 3.63) is 65.7 Å². The number of rotatable bonds is 5. The Kier molecular flexibility index (Phi) is 4.87. The van der Waals surface area contributed by atoms with E-state index in [1.165, 1.54) is 0 Å². The molecule has 0 aliphatic carbocycles. The molecule has 0 aliphatic heterocycles. The summed E-state index contributed by atoms with van der Waals surface area (Å²) in [6, 6.07) is 15.6. The molecule has 4 nitrogen and oxygen atoms in total. The van der Waals surface area contributed by atoms with Crippen LogP contribution in [0.3, 0.4) is 0 Å². The van der Waals surface area contributed by atoms with Gasteiger partial charge in [-0.15, -0.1) is 0 Å². The smallest absolute Gasteiger partial charge is 0.328 e. The molecule has 2 aromatic carbocycles. The number of nitrogens with two attached hydrogens (primary N) is 1. The predicted octanol–water partition coefficient (Wildman–Crippen LogP) is 1.65. The third kappa shape index (κ3) is 3.91. The number of esters is 1. The van der Waals surface area contributed by atoms with Crippen LogP contribution < -0.4 is 10.5 Å². The molecule has 0 aliphatic rings. The van der Waals surface area contributed by atoms with Crippen LogP contribution in [-0.2, 0) is 17.8 Å². The molecular formula is C16H17NO3. The predicted molar refractivity (Wildman–Crippen MR) is 76.1 cm³/mol. The van der Waals surface area contributed by atoms with Crippen LogP contribution in [0.2, 0.25) is 0 Å². The highest BCUT2D eigenvalue weighted by Gasteiger charge is 2.16. The third-order valence-corrected chi connectivity index (χ3v) is 2.90. The van der Waals surface area contributed by atoms with Crippen molar-refractivity contribution in [2.75, 3.05) is 0 Å². The van der Waals surface area contributed by atoms with Gasteiger partial charge in [-0.05, 0) is 29.7 Å². The van der Waals surface area contributed by atoms with E-state index < -0.39 is 12.0 Å². The van der Waals surface area contributed by atoms with E-state index >= 15 is 0 Å². The third-order valence-electron chi connectivity index (χ3n) is 2.90. The Labute approximate surface area is 117 Å². The van der Waals surface area contributed by atoms with E-state index in [4.69, 9.17) is 15.6 Å². The molecule has 0 heterocycles. The summed E-state index contributed by atoms with van der Waals surface area (Å²) in [4.78, 5) is 11.9. The van der Waals surface area contributed by atoms with Crippen LogP contribution in [0, 0.1) is 0 Å². The fourth-order valence-corrected chi connectivity index (χ4v) is 1.85. The van der Waals surface area contributed by atoms with Crippen LogP contribution in [-0.4, -0.2) is 17.1 Å². The molecule has 0 radical (unpaired) electrons. The minimum Gasteiger partial charge on any atom is -0.425 e. The van der Waals surface area contributed by atoms with Crippen molar-refractivity contribution >= 4 is 5.97 Å². The van der Waals surface area contributed by atoms with Gasteiger partial charge in [-0.25, -0.2) is 4.79 Å². The molecule has 0 bridgehead atoms. The molecule has 0 saturated heterocycles. The molecule has 4 heteroatoms. The van der Waals surface area contributed by atoms with Crippen molar-refractivity contribution < 1.29 is 14.6 Å². The van der Waals surface area contributed by atoms with Crippen LogP contribution in [0.1, 0.15) is 11.1 Å². The first-order chi connectivity index (χ1) is 9.69. The Morgan fingerprint density at radius 2 is 1.80 bits per heavy atom. The maximum absolute atomic E-state index is 11.9. The van der Waals surface area contributed by atoms with Gasteiger partial charge in [0.2, 0.25) is 0 Å². The fourth-order valence-electron chi connectivity index (χ4n) is 1.85. The first kappa shape index (κ1) is 14.2. The molecular weight excluding hydrogens is 254 g/mol. The summed E-state index contributed by atoms with van der Waals surface area (Å²) in [5.41, 5.74) is 7.52. The van der Waals surface area contributed by atoms with Crippen LogP contribution >= 0.6 is 0 Å². The quantitative estimate of drug-likeness (QED) is 0.640. The monoisotopic (exact) mass is 271 g/mol. The van der Waals surface area contributed by atoms with E-state index in [2.05, 4.69) is 0 Å². The zero-order chi connectivity index (χ0) is 14.4. The molecule has 2 rings (SSSR count). The van der Waals surface area contributed by atoms with Crippen molar-refractivity contribution in [2.45, 2.75) is 19.1 Å². The second-order valence-corrected chi connectivity index (χ2v) is 4.52. The summed E-state index contributed by atoms with van der Waals surface area (Å²) >= 11 is 0. The summed E-state index contributed by atoms with van der Waals surface area (Å²) in [6.45, 7) is -0.0958. The van der Waals surface area contributed by atoms with Gasteiger partial charge < -0.3 is 15.6 Å². The number of carbonyl (C=O) groups excluding carboxylic acids is 1. The normalized spacial score (nSPS) is 11.9. The second kappa shape index (κ2) is 6.84. The SMILES string of the molecule is N[C@@H](Cc1ccccc1)C(=O)Oc1cccc(CO)c1. The molecule has 20 heavy (non-hydrogen) atoms. The number of benzene rings is 2. The number of carbonyl (C=O) groups is 1. The Bertz CT molecular complexity index is 569. The number of aliphatic hydroxyl groups excluding tert-OH is 1. The molecule has 0 fully saturated rings. The number of aliphatic hydroxyl groups is 1. The largest absolute Gasteiger partial charge is 0.425 e. The highest BCUT2D eigenvalue weighted by molar-refractivity contribution is 5.78. The number of ether oxygens (including phenoxy) is 1. The molecule has 3 N–H and O–H groups in total. The molecule has 0 amide bonds. The summed E-state index contributed by atoms with van der Waals surface area (Å²) in [5, 5.41) is 9.04. The van der Waals surface area contributed by atoms with Gasteiger partial charge in [-0.1, -0.05) is 42.5 Å². The van der Waals surface area contributed by atoms with E-state index in [-0.39, 0.29) is 6.61 Å². The lowest BCUT2D eigenvalue weighted by Crippen LogP contribution is -2.36. The molecule has 1 atom stereocenters. The van der Waals surface area contributed by atoms with Crippen molar-refractivity contribution in [2.24, 2.45) is 5.73 Å². The average Bonchev–Trinajstić information content (AvgIpc) is 2.48. The second-order valence-electron chi connectivity index (χ2n) is 4.52. The van der Waals surface area contributed by atoms with Gasteiger partial charge in [-0.2, -0.15) is 0 Å². The topological polar surface area (TPSA) is 72.6 Å². The highest BCUT2D eigenvalue weighted by Crippen LogP contribution is 2.14. The molecule has 0 saturated carbocycles. The summed E-state index contributed by atoms with van der Waals surface area (Å²) < 4.78 is 5.22. The van der Waals surface area contributed by atoms with E-state index in [1.54, 1.807) is 24.3 Å². The Morgan fingerprint density at radius 3 is 2.50 bits per heavy atom. The van der Waals surface area contributed by atoms with E-state index in [0.717, 1.165) is 5.56 Å².